The standard InChI is InChI=1S/C20H28N4OS/c1-4-21-19(22-12-10-18-24-14(2)15(3)26-18)23-13-20(25)11-9-16-7-5-6-8-17(16)20/h5-8,25H,4,9-13H2,1-3H3,(H2,21,22,23). The number of hydrogen-bond acceptors (Lipinski definition) is 4. The fourth-order valence-corrected chi connectivity index (χ4v) is 4.25. The maximum atomic E-state index is 11.0. The summed E-state index contributed by atoms with van der Waals surface area (Å²) < 4.78 is 0. The number of thiazole rings is 1. The van der Waals surface area contributed by atoms with Crippen molar-refractivity contribution in [1.82, 2.24) is 15.6 Å². The molecule has 0 amide bonds. The number of aliphatic hydroxyl groups is 1. The second-order valence-electron chi connectivity index (χ2n) is 6.81. The van der Waals surface area contributed by atoms with Gasteiger partial charge >= 0.3 is 0 Å². The topological polar surface area (TPSA) is 69.5 Å². The number of nitrogens with one attached hydrogen (secondary N) is 2. The van der Waals surface area contributed by atoms with Crippen LogP contribution in [0.2, 0.25) is 0 Å². The molecule has 0 saturated carbocycles. The Morgan fingerprint density at radius 2 is 2.12 bits per heavy atom. The van der Waals surface area contributed by atoms with Crippen molar-refractivity contribution in [2.24, 2.45) is 4.99 Å². The van der Waals surface area contributed by atoms with Crippen LogP contribution in [0.5, 0.6) is 0 Å². The van der Waals surface area contributed by atoms with Gasteiger partial charge in [0.05, 0.1) is 17.2 Å². The highest BCUT2D eigenvalue weighted by Gasteiger charge is 2.36. The molecule has 0 fully saturated rings. The maximum absolute atomic E-state index is 11.0. The molecule has 0 aliphatic heterocycles. The van der Waals surface area contributed by atoms with Gasteiger partial charge in [-0.3, -0.25) is 0 Å². The van der Waals surface area contributed by atoms with Gasteiger partial charge in [0, 0.05) is 24.4 Å². The van der Waals surface area contributed by atoms with Gasteiger partial charge in [0.2, 0.25) is 0 Å². The molecule has 1 unspecified atom stereocenters. The Morgan fingerprint density at radius 3 is 2.85 bits per heavy atom. The van der Waals surface area contributed by atoms with Gasteiger partial charge in [0.25, 0.3) is 0 Å². The Hall–Kier alpha value is -1.92. The summed E-state index contributed by atoms with van der Waals surface area (Å²) in [5.74, 6) is 0.746. The van der Waals surface area contributed by atoms with Crippen LogP contribution in [0.1, 0.15) is 40.1 Å². The van der Waals surface area contributed by atoms with Crippen molar-refractivity contribution < 1.29 is 5.11 Å². The van der Waals surface area contributed by atoms with Crippen molar-refractivity contribution in [3.63, 3.8) is 0 Å². The van der Waals surface area contributed by atoms with Crippen LogP contribution in [0.15, 0.2) is 29.3 Å². The average Bonchev–Trinajstić information content (AvgIpc) is 3.13. The van der Waals surface area contributed by atoms with E-state index in [1.54, 1.807) is 11.3 Å². The molecule has 140 valence electrons. The van der Waals surface area contributed by atoms with Crippen LogP contribution >= 0.6 is 11.3 Å². The zero-order chi connectivity index (χ0) is 18.6. The monoisotopic (exact) mass is 372 g/mol. The normalized spacial score (nSPS) is 19.5. The fraction of sp³-hybridized carbons (Fsp3) is 0.500. The van der Waals surface area contributed by atoms with Crippen molar-refractivity contribution in [3.05, 3.63) is 51.0 Å². The van der Waals surface area contributed by atoms with E-state index < -0.39 is 5.60 Å². The van der Waals surface area contributed by atoms with Gasteiger partial charge < -0.3 is 15.7 Å². The molecule has 2 aromatic rings. The zero-order valence-electron chi connectivity index (χ0n) is 15.8. The summed E-state index contributed by atoms with van der Waals surface area (Å²) in [5.41, 5.74) is 2.52. The summed E-state index contributed by atoms with van der Waals surface area (Å²) in [5, 5.41) is 18.8. The predicted octanol–water partition coefficient (Wildman–Crippen LogP) is 2.69. The second kappa shape index (κ2) is 8.18. The van der Waals surface area contributed by atoms with E-state index in [1.807, 2.05) is 25.1 Å². The third-order valence-corrected chi connectivity index (χ3v) is 6.01. The van der Waals surface area contributed by atoms with Gasteiger partial charge in [-0.05, 0) is 44.7 Å². The molecular formula is C20H28N4OS. The molecule has 26 heavy (non-hydrogen) atoms. The minimum absolute atomic E-state index is 0.370. The minimum atomic E-state index is -0.859. The number of hydrogen-bond donors (Lipinski definition) is 3. The Morgan fingerprint density at radius 1 is 1.31 bits per heavy atom. The summed E-state index contributed by atoms with van der Waals surface area (Å²) in [7, 11) is 0. The Bertz CT molecular complexity index is 766. The molecule has 1 aromatic heterocycles. The van der Waals surface area contributed by atoms with Gasteiger partial charge in [0.15, 0.2) is 5.96 Å². The molecule has 1 atom stereocenters. The molecule has 1 aromatic carbocycles. The van der Waals surface area contributed by atoms with E-state index in [1.165, 1.54) is 10.4 Å². The lowest BCUT2D eigenvalue weighted by Gasteiger charge is -2.22. The number of benzene rings is 1. The van der Waals surface area contributed by atoms with Crippen LogP contribution < -0.4 is 10.6 Å². The molecule has 1 aliphatic carbocycles. The van der Waals surface area contributed by atoms with E-state index in [2.05, 4.69) is 40.5 Å². The van der Waals surface area contributed by atoms with Crippen molar-refractivity contribution in [1.29, 1.82) is 0 Å². The van der Waals surface area contributed by atoms with E-state index in [4.69, 9.17) is 0 Å². The third kappa shape index (κ3) is 4.24. The lowest BCUT2D eigenvalue weighted by atomic mass is 9.96. The quantitative estimate of drug-likeness (QED) is 0.539. The molecule has 0 bridgehead atoms. The first kappa shape index (κ1) is 18.9. The Kier molecular flexibility index (Phi) is 5.94. The third-order valence-electron chi connectivity index (χ3n) is 4.87. The van der Waals surface area contributed by atoms with Gasteiger partial charge in [-0.1, -0.05) is 24.3 Å². The number of aromatic nitrogens is 1. The summed E-state index contributed by atoms with van der Waals surface area (Å²) in [6, 6.07) is 8.13. The highest BCUT2D eigenvalue weighted by atomic mass is 32.1. The van der Waals surface area contributed by atoms with Crippen LogP contribution in [0.3, 0.4) is 0 Å². The van der Waals surface area contributed by atoms with Crippen molar-refractivity contribution in [3.8, 4) is 0 Å². The zero-order valence-corrected chi connectivity index (χ0v) is 16.6. The second-order valence-corrected chi connectivity index (χ2v) is 8.10. The first-order valence-corrected chi connectivity index (χ1v) is 10.1. The molecule has 0 saturated heterocycles. The summed E-state index contributed by atoms with van der Waals surface area (Å²) in [6.45, 7) is 8.13. The van der Waals surface area contributed by atoms with E-state index in [9.17, 15) is 5.11 Å². The van der Waals surface area contributed by atoms with Crippen LogP contribution in [-0.2, 0) is 18.4 Å². The number of guanidine groups is 1. The largest absolute Gasteiger partial charge is 0.383 e. The number of nitrogens with zero attached hydrogens (tertiary/aromatic N) is 2. The smallest absolute Gasteiger partial charge is 0.191 e. The number of aryl methyl sites for hydroxylation is 3. The average molecular weight is 373 g/mol. The molecule has 1 aliphatic rings. The van der Waals surface area contributed by atoms with Crippen LogP contribution in [0.25, 0.3) is 0 Å². The summed E-state index contributed by atoms with van der Waals surface area (Å²) in [6.07, 6.45) is 2.51. The maximum Gasteiger partial charge on any atom is 0.191 e. The number of rotatable bonds is 6. The van der Waals surface area contributed by atoms with Crippen molar-refractivity contribution in [2.75, 3.05) is 19.6 Å². The number of aliphatic imine (C=N–C) groups is 1. The Balaban J connectivity index is 1.60. The summed E-state index contributed by atoms with van der Waals surface area (Å²) in [4.78, 5) is 10.5. The van der Waals surface area contributed by atoms with E-state index in [0.717, 1.165) is 54.6 Å². The van der Waals surface area contributed by atoms with Crippen LogP contribution in [0.4, 0.5) is 0 Å². The van der Waals surface area contributed by atoms with E-state index in [0.29, 0.717) is 6.54 Å². The van der Waals surface area contributed by atoms with Gasteiger partial charge in [-0.15, -0.1) is 11.3 Å². The van der Waals surface area contributed by atoms with Gasteiger partial charge in [-0.2, -0.15) is 0 Å². The highest BCUT2D eigenvalue weighted by Crippen LogP contribution is 2.36. The first-order chi connectivity index (χ1) is 12.5. The SMILES string of the molecule is CCNC(=NCC1(O)CCc2ccccc21)NCCc1nc(C)c(C)s1. The highest BCUT2D eigenvalue weighted by molar-refractivity contribution is 7.11. The number of fused-ring (bicyclic) bond motifs is 1. The first-order valence-electron chi connectivity index (χ1n) is 9.27. The minimum Gasteiger partial charge on any atom is -0.383 e. The van der Waals surface area contributed by atoms with Crippen LogP contribution in [-0.4, -0.2) is 35.7 Å². The molecule has 3 rings (SSSR count). The Labute approximate surface area is 159 Å². The molecule has 5 nitrogen and oxygen atoms in total. The van der Waals surface area contributed by atoms with Crippen LogP contribution in [0, 0.1) is 13.8 Å². The van der Waals surface area contributed by atoms with Gasteiger partial charge in [-0.25, -0.2) is 9.98 Å². The lowest BCUT2D eigenvalue weighted by molar-refractivity contribution is 0.0485. The fourth-order valence-electron chi connectivity index (χ4n) is 3.32. The molecular weight excluding hydrogens is 344 g/mol. The summed E-state index contributed by atoms with van der Waals surface area (Å²) >= 11 is 1.75. The molecule has 0 radical (unpaired) electrons. The molecule has 3 N–H and O–H groups in total. The molecule has 0 spiro atoms. The van der Waals surface area contributed by atoms with Crippen molar-refractivity contribution >= 4 is 17.3 Å². The lowest BCUT2D eigenvalue weighted by Crippen LogP contribution is -2.39. The molecule has 6 heteroatoms. The molecule has 1 heterocycles. The van der Waals surface area contributed by atoms with E-state index >= 15 is 0 Å². The van der Waals surface area contributed by atoms with E-state index in [-0.39, 0.29) is 0 Å². The predicted molar refractivity (Wildman–Crippen MR) is 108 cm³/mol. The van der Waals surface area contributed by atoms with Crippen molar-refractivity contribution in [2.45, 2.75) is 45.6 Å². The van der Waals surface area contributed by atoms with Gasteiger partial charge in [0.1, 0.15) is 5.60 Å².